The molecule has 0 spiro atoms. The third-order valence-electron chi connectivity index (χ3n) is 1.18. The molecule has 0 aliphatic heterocycles. The van der Waals surface area contributed by atoms with Gasteiger partial charge in [0.15, 0.2) is 0 Å². The Morgan fingerprint density at radius 3 is 2.82 bits per heavy atom. The normalized spacial score (nSPS) is 10.6. The van der Waals surface area contributed by atoms with Gasteiger partial charge in [-0.3, -0.25) is 0 Å². The molecule has 2 N–H and O–H groups in total. The molecule has 0 aromatic carbocycles. The van der Waals surface area contributed by atoms with Crippen LogP contribution in [-0.4, -0.2) is 0 Å². The molecule has 0 aliphatic carbocycles. The van der Waals surface area contributed by atoms with Gasteiger partial charge < -0.3 is 5.73 Å². The minimum Gasteiger partial charge on any atom is -0.391 e. The fourth-order valence-electron chi connectivity index (χ4n) is 0.682. The van der Waals surface area contributed by atoms with Gasteiger partial charge in [0.05, 0.1) is 5.00 Å². The van der Waals surface area contributed by atoms with E-state index in [0.29, 0.717) is 0 Å². The van der Waals surface area contributed by atoms with Crippen molar-refractivity contribution in [3.63, 3.8) is 0 Å². The average molecular weight is 165 g/mol. The summed E-state index contributed by atoms with van der Waals surface area (Å²) in [5, 5.41) is 0.853. The first kappa shape index (κ1) is 8.08. The van der Waals surface area contributed by atoms with Crippen LogP contribution in [0.5, 0.6) is 0 Å². The van der Waals surface area contributed by atoms with Gasteiger partial charge in [-0.15, -0.1) is 11.3 Å². The molecule has 0 radical (unpaired) electrons. The molecule has 11 heavy (non-hydrogen) atoms. The molecule has 1 heterocycles. The maximum atomic E-state index is 5.55. The highest BCUT2D eigenvalue weighted by Crippen LogP contribution is 2.19. The number of allylic oxidation sites excluding steroid dienone is 2. The van der Waals surface area contributed by atoms with E-state index in [4.69, 9.17) is 5.73 Å². The Labute approximate surface area is 70.9 Å². The summed E-state index contributed by atoms with van der Waals surface area (Å²) in [5.41, 5.74) is 6.60. The molecule has 58 valence electrons. The highest BCUT2D eigenvalue weighted by atomic mass is 32.1. The number of anilines is 1. The Balaban J connectivity index is 2.71. The van der Waals surface area contributed by atoms with Gasteiger partial charge in [0.2, 0.25) is 0 Å². The van der Waals surface area contributed by atoms with Gasteiger partial charge in [0, 0.05) is 4.88 Å². The molecule has 0 saturated carbocycles. The molecule has 0 aliphatic rings. The number of rotatable bonds is 2. The van der Waals surface area contributed by atoms with Gasteiger partial charge >= 0.3 is 0 Å². The Kier molecular flexibility index (Phi) is 2.49. The fourth-order valence-corrected chi connectivity index (χ4v) is 1.36. The van der Waals surface area contributed by atoms with Crippen LogP contribution in [0.25, 0.3) is 6.08 Å². The van der Waals surface area contributed by atoms with Crippen LogP contribution in [0, 0.1) is 0 Å². The Morgan fingerprint density at radius 2 is 2.36 bits per heavy atom. The zero-order chi connectivity index (χ0) is 8.27. The summed E-state index contributed by atoms with van der Waals surface area (Å²) in [6.45, 7) is 5.73. The molecule has 0 bridgehead atoms. The van der Waals surface area contributed by atoms with E-state index in [1.165, 1.54) is 4.88 Å². The van der Waals surface area contributed by atoms with Crippen molar-refractivity contribution in [3.8, 4) is 0 Å². The number of nitrogen functional groups attached to an aromatic ring is 1. The Bertz CT molecular complexity index is 284. The topological polar surface area (TPSA) is 26.0 Å². The SMILES string of the molecule is C=C(C)/C=C/c1ccc(N)s1. The maximum Gasteiger partial charge on any atom is 0.0862 e. The van der Waals surface area contributed by atoms with Crippen molar-refractivity contribution in [2.45, 2.75) is 6.92 Å². The van der Waals surface area contributed by atoms with Crippen molar-refractivity contribution in [1.29, 1.82) is 0 Å². The first-order valence-corrected chi connectivity index (χ1v) is 4.19. The van der Waals surface area contributed by atoms with Crippen LogP contribution in [0.2, 0.25) is 0 Å². The standard InChI is InChI=1S/C9H11NS/c1-7(2)3-4-8-5-6-9(10)11-8/h3-6H,1,10H2,2H3/b4-3+. The third kappa shape index (κ3) is 2.60. The predicted octanol–water partition coefficient (Wildman–Crippen LogP) is 2.92. The van der Waals surface area contributed by atoms with E-state index in [2.05, 4.69) is 6.58 Å². The lowest BCUT2D eigenvalue weighted by Crippen LogP contribution is -1.72. The third-order valence-corrected chi connectivity index (χ3v) is 2.06. The second kappa shape index (κ2) is 3.39. The zero-order valence-electron chi connectivity index (χ0n) is 6.50. The molecule has 2 heteroatoms. The molecular weight excluding hydrogens is 154 g/mol. The first-order chi connectivity index (χ1) is 5.18. The maximum absolute atomic E-state index is 5.55. The van der Waals surface area contributed by atoms with Crippen LogP contribution in [-0.2, 0) is 0 Å². The van der Waals surface area contributed by atoms with Crippen molar-refractivity contribution in [3.05, 3.63) is 35.2 Å². The molecule has 0 saturated heterocycles. The van der Waals surface area contributed by atoms with Gasteiger partial charge in [0.1, 0.15) is 0 Å². The van der Waals surface area contributed by atoms with Crippen molar-refractivity contribution in [1.82, 2.24) is 0 Å². The van der Waals surface area contributed by atoms with Crippen molar-refractivity contribution in [2.24, 2.45) is 0 Å². The highest BCUT2D eigenvalue weighted by Gasteiger charge is 1.89. The smallest absolute Gasteiger partial charge is 0.0862 e. The van der Waals surface area contributed by atoms with Crippen molar-refractivity contribution in [2.75, 3.05) is 5.73 Å². The Hall–Kier alpha value is -1.02. The monoisotopic (exact) mass is 165 g/mol. The first-order valence-electron chi connectivity index (χ1n) is 3.37. The zero-order valence-corrected chi connectivity index (χ0v) is 7.32. The van der Waals surface area contributed by atoms with E-state index in [-0.39, 0.29) is 0 Å². The second-order valence-corrected chi connectivity index (χ2v) is 3.57. The summed E-state index contributed by atoms with van der Waals surface area (Å²) in [7, 11) is 0. The van der Waals surface area contributed by atoms with E-state index >= 15 is 0 Å². The van der Waals surface area contributed by atoms with Gasteiger partial charge in [-0.1, -0.05) is 18.2 Å². The molecule has 1 rings (SSSR count). The number of thiophene rings is 1. The molecule has 0 atom stereocenters. The minimum absolute atomic E-state index is 0.853. The van der Waals surface area contributed by atoms with Crippen LogP contribution in [0.4, 0.5) is 5.00 Å². The van der Waals surface area contributed by atoms with E-state index in [1.54, 1.807) is 11.3 Å². The molecular formula is C9H11NS. The van der Waals surface area contributed by atoms with Gasteiger partial charge in [-0.2, -0.15) is 0 Å². The quantitative estimate of drug-likeness (QED) is 0.670. The molecule has 0 unspecified atom stereocenters. The van der Waals surface area contributed by atoms with Crippen LogP contribution < -0.4 is 5.73 Å². The largest absolute Gasteiger partial charge is 0.391 e. The molecule has 1 aromatic rings. The van der Waals surface area contributed by atoms with Crippen LogP contribution in [0.15, 0.2) is 30.4 Å². The van der Waals surface area contributed by atoms with E-state index in [0.717, 1.165) is 10.6 Å². The number of hydrogen-bond donors (Lipinski definition) is 1. The molecule has 1 nitrogen and oxygen atoms in total. The summed E-state index contributed by atoms with van der Waals surface area (Å²) >= 11 is 1.58. The second-order valence-electron chi connectivity index (χ2n) is 2.42. The average Bonchev–Trinajstić information content (AvgIpc) is 2.31. The summed E-state index contributed by atoms with van der Waals surface area (Å²) in [5.74, 6) is 0. The molecule has 0 amide bonds. The summed E-state index contributed by atoms with van der Waals surface area (Å²) < 4.78 is 0. The van der Waals surface area contributed by atoms with Crippen LogP contribution in [0.1, 0.15) is 11.8 Å². The van der Waals surface area contributed by atoms with Crippen molar-refractivity contribution < 1.29 is 0 Å². The minimum atomic E-state index is 0.853. The number of hydrogen-bond acceptors (Lipinski definition) is 2. The van der Waals surface area contributed by atoms with Crippen LogP contribution in [0.3, 0.4) is 0 Å². The fraction of sp³-hybridized carbons (Fsp3) is 0.111. The van der Waals surface area contributed by atoms with Gasteiger partial charge in [-0.05, 0) is 25.1 Å². The Morgan fingerprint density at radius 1 is 1.64 bits per heavy atom. The highest BCUT2D eigenvalue weighted by molar-refractivity contribution is 7.16. The summed E-state index contributed by atoms with van der Waals surface area (Å²) in [4.78, 5) is 1.17. The van der Waals surface area contributed by atoms with Crippen LogP contribution >= 0.6 is 11.3 Å². The van der Waals surface area contributed by atoms with Gasteiger partial charge in [0.25, 0.3) is 0 Å². The van der Waals surface area contributed by atoms with E-state index < -0.39 is 0 Å². The van der Waals surface area contributed by atoms with Gasteiger partial charge in [-0.25, -0.2) is 0 Å². The summed E-state index contributed by atoms with van der Waals surface area (Å²) in [6, 6.07) is 3.90. The number of nitrogens with two attached hydrogens (primary N) is 1. The molecule has 0 fully saturated rings. The lowest BCUT2D eigenvalue weighted by Gasteiger charge is -1.83. The van der Waals surface area contributed by atoms with E-state index in [1.807, 2.05) is 31.2 Å². The predicted molar refractivity (Wildman–Crippen MR) is 52.6 cm³/mol. The lowest BCUT2D eigenvalue weighted by molar-refractivity contribution is 1.58. The van der Waals surface area contributed by atoms with E-state index in [9.17, 15) is 0 Å². The molecule has 1 aromatic heterocycles. The van der Waals surface area contributed by atoms with Crippen molar-refractivity contribution >= 4 is 22.4 Å². The lowest BCUT2D eigenvalue weighted by atomic mass is 10.3. The summed E-state index contributed by atoms with van der Waals surface area (Å²) in [6.07, 6.45) is 3.99.